The molecule has 1 saturated carbocycles. The van der Waals surface area contributed by atoms with Gasteiger partial charge >= 0.3 is 0 Å². The van der Waals surface area contributed by atoms with Crippen LogP contribution in [0, 0.1) is 5.92 Å². The van der Waals surface area contributed by atoms with E-state index in [0.717, 1.165) is 6.54 Å². The van der Waals surface area contributed by atoms with Crippen molar-refractivity contribution in [3.05, 3.63) is 29.0 Å². The summed E-state index contributed by atoms with van der Waals surface area (Å²) in [7, 11) is 1.85. The highest BCUT2D eigenvalue weighted by Gasteiger charge is 2.19. The van der Waals surface area contributed by atoms with E-state index in [1.807, 2.05) is 7.05 Å². The Bertz CT molecular complexity index is 416. The highest BCUT2D eigenvalue weighted by atomic mass is 35.5. The minimum atomic E-state index is -0.0388. The van der Waals surface area contributed by atoms with Gasteiger partial charge in [-0.3, -0.25) is 4.79 Å². The van der Waals surface area contributed by atoms with E-state index in [-0.39, 0.29) is 5.91 Å². The van der Waals surface area contributed by atoms with E-state index in [0.29, 0.717) is 16.8 Å². The van der Waals surface area contributed by atoms with E-state index < -0.39 is 0 Å². The molecule has 18 heavy (non-hydrogen) atoms. The molecule has 0 radical (unpaired) electrons. The van der Waals surface area contributed by atoms with E-state index >= 15 is 0 Å². The van der Waals surface area contributed by atoms with Crippen LogP contribution in [0.1, 0.15) is 42.6 Å². The average Bonchev–Trinajstić information content (AvgIpc) is 2.39. The molecule has 1 fully saturated rings. The Morgan fingerprint density at radius 3 is 2.78 bits per heavy atom. The van der Waals surface area contributed by atoms with Crippen LogP contribution in [0.3, 0.4) is 0 Å². The molecule has 98 valence electrons. The minimum Gasteiger partial charge on any atom is -0.340 e. The predicted molar refractivity (Wildman–Crippen MR) is 72.8 cm³/mol. The van der Waals surface area contributed by atoms with Crippen LogP contribution in [-0.2, 0) is 0 Å². The summed E-state index contributed by atoms with van der Waals surface area (Å²) in [6, 6.07) is 5.15. The number of hydrogen-bond acceptors (Lipinski definition) is 2. The maximum Gasteiger partial charge on any atom is 0.272 e. The maximum absolute atomic E-state index is 12.2. The summed E-state index contributed by atoms with van der Waals surface area (Å²) in [5, 5.41) is 0.368. The first kappa shape index (κ1) is 13.3. The number of halogens is 1. The number of amides is 1. The first-order chi connectivity index (χ1) is 8.66. The number of carbonyl (C=O) groups is 1. The fourth-order valence-corrected chi connectivity index (χ4v) is 2.73. The smallest absolute Gasteiger partial charge is 0.272 e. The zero-order valence-corrected chi connectivity index (χ0v) is 11.5. The van der Waals surface area contributed by atoms with E-state index in [9.17, 15) is 4.79 Å². The van der Waals surface area contributed by atoms with Crippen LogP contribution >= 0.6 is 11.6 Å². The van der Waals surface area contributed by atoms with Gasteiger partial charge in [-0.15, -0.1) is 0 Å². The monoisotopic (exact) mass is 266 g/mol. The van der Waals surface area contributed by atoms with Gasteiger partial charge in [0.1, 0.15) is 10.8 Å². The van der Waals surface area contributed by atoms with Gasteiger partial charge in [0, 0.05) is 13.6 Å². The van der Waals surface area contributed by atoms with Gasteiger partial charge < -0.3 is 4.90 Å². The summed E-state index contributed by atoms with van der Waals surface area (Å²) < 4.78 is 0. The summed E-state index contributed by atoms with van der Waals surface area (Å²) in [4.78, 5) is 18.0. The van der Waals surface area contributed by atoms with Crippen LogP contribution in [0.2, 0.25) is 5.15 Å². The zero-order chi connectivity index (χ0) is 13.0. The largest absolute Gasteiger partial charge is 0.340 e. The van der Waals surface area contributed by atoms with Gasteiger partial charge in [0.15, 0.2) is 0 Å². The summed E-state index contributed by atoms with van der Waals surface area (Å²) in [6.07, 6.45) is 6.40. The summed E-state index contributed by atoms with van der Waals surface area (Å²) in [5.41, 5.74) is 0.431. The second-order valence-corrected chi connectivity index (χ2v) is 5.42. The molecule has 0 atom stereocenters. The normalized spacial score (nSPS) is 16.6. The number of carbonyl (C=O) groups excluding carboxylic acids is 1. The molecule has 1 amide bonds. The molecule has 3 nitrogen and oxygen atoms in total. The van der Waals surface area contributed by atoms with E-state index in [1.165, 1.54) is 32.1 Å². The Labute approximate surface area is 113 Å². The van der Waals surface area contributed by atoms with E-state index in [1.54, 1.807) is 23.1 Å². The molecule has 1 aromatic heterocycles. The van der Waals surface area contributed by atoms with Crippen molar-refractivity contribution >= 4 is 17.5 Å². The van der Waals surface area contributed by atoms with Crippen molar-refractivity contribution < 1.29 is 4.79 Å². The predicted octanol–water partition coefficient (Wildman–Crippen LogP) is 3.39. The van der Waals surface area contributed by atoms with E-state index in [4.69, 9.17) is 11.6 Å². The van der Waals surface area contributed by atoms with Crippen LogP contribution in [0.4, 0.5) is 0 Å². The van der Waals surface area contributed by atoms with Crippen molar-refractivity contribution in [2.45, 2.75) is 32.1 Å². The Morgan fingerprint density at radius 1 is 1.39 bits per heavy atom. The van der Waals surface area contributed by atoms with Crippen molar-refractivity contribution in [3.63, 3.8) is 0 Å². The summed E-state index contributed by atoms with van der Waals surface area (Å²) in [5.74, 6) is 0.606. The Morgan fingerprint density at radius 2 is 2.11 bits per heavy atom. The molecule has 0 spiro atoms. The van der Waals surface area contributed by atoms with Crippen LogP contribution in [0.15, 0.2) is 18.2 Å². The molecule has 1 aromatic rings. The number of pyridine rings is 1. The fourth-order valence-electron chi connectivity index (χ4n) is 2.56. The third kappa shape index (κ3) is 3.45. The van der Waals surface area contributed by atoms with Crippen molar-refractivity contribution in [1.82, 2.24) is 9.88 Å². The minimum absolute atomic E-state index is 0.0388. The molecule has 1 aliphatic carbocycles. The highest BCUT2D eigenvalue weighted by molar-refractivity contribution is 6.29. The van der Waals surface area contributed by atoms with Crippen LogP contribution in [-0.4, -0.2) is 29.4 Å². The lowest BCUT2D eigenvalue weighted by Gasteiger charge is -2.26. The molecule has 0 saturated heterocycles. The van der Waals surface area contributed by atoms with Crippen LogP contribution in [0.25, 0.3) is 0 Å². The maximum atomic E-state index is 12.2. The first-order valence-corrected chi connectivity index (χ1v) is 6.92. The number of aromatic nitrogens is 1. The third-order valence-corrected chi connectivity index (χ3v) is 3.75. The Kier molecular flexibility index (Phi) is 4.59. The molecule has 1 heterocycles. The molecule has 0 aromatic carbocycles. The lowest BCUT2D eigenvalue weighted by Crippen LogP contribution is -2.33. The molecule has 0 aliphatic heterocycles. The molecule has 4 heteroatoms. The van der Waals surface area contributed by atoms with Gasteiger partial charge in [-0.05, 0) is 30.9 Å². The summed E-state index contributed by atoms with van der Waals surface area (Å²) >= 11 is 5.80. The lowest BCUT2D eigenvalue weighted by molar-refractivity contribution is 0.0755. The second kappa shape index (κ2) is 6.19. The van der Waals surface area contributed by atoms with Crippen molar-refractivity contribution in [2.24, 2.45) is 5.92 Å². The van der Waals surface area contributed by atoms with Gasteiger partial charge in [-0.25, -0.2) is 4.98 Å². The third-order valence-electron chi connectivity index (χ3n) is 3.54. The molecular weight excluding hydrogens is 248 g/mol. The lowest BCUT2D eigenvalue weighted by atomic mass is 9.89. The van der Waals surface area contributed by atoms with Gasteiger partial charge in [0.05, 0.1) is 0 Å². The summed E-state index contributed by atoms with van der Waals surface area (Å²) in [6.45, 7) is 0.826. The molecule has 1 aliphatic rings. The molecule has 0 N–H and O–H groups in total. The van der Waals surface area contributed by atoms with E-state index in [2.05, 4.69) is 4.98 Å². The van der Waals surface area contributed by atoms with Gasteiger partial charge in [-0.1, -0.05) is 36.9 Å². The molecular formula is C14H19ClN2O. The van der Waals surface area contributed by atoms with Gasteiger partial charge in [0.25, 0.3) is 5.91 Å². The number of rotatable bonds is 3. The van der Waals surface area contributed by atoms with Gasteiger partial charge in [0.2, 0.25) is 0 Å². The standard InChI is InChI=1S/C14H19ClN2O/c1-17(10-11-6-3-2-4-7-11)14(18)12-8-5-9-13(15)16-12/h5,8-9,11H,2-4,6-7,10H2,1H3. The van der Waals surface area contributed by atoms with Crippen molar-refractivity contribution in [1.29, 1.82) is 0 Å². The Balaban J connectivity index is 1.95. The quantitative estimate of drug-likeness (QED) is 0.786. The van der Waals surface area contributed by atoms with Crippen molar-refractivity contribution in [2.75, 3.05) is 13.6 Å². The highest BCUT2D eigenvalue weighted by Crippen LogP contribution is 2.24. The number of hydrogen-bond donors (Lipinski definition) is 0. The molecule has 0 unspecified atom stereocenters. The fraction of sp³-hybridized carbons (Fsp3) is 0.571. The second-order valence-electron chi connectivity index (χ2n) is 5.04. The zero-order valence-electron chi connectivity index (χ0n) is 10.7. The molecule has 0 bridgehead atoms. The first-order valence-electron chi connectivity index (χ1n) is 6.55. The Hall–Kier alpha value is -1.09. The number of nitrogens with zero attached hydrogens (tertiary/aromatic N) is 2. The van der Waals surface area contributed by atoms with Crippen molar-refractivity contribution in [3.8, 4) is 0 Å². The average molecular weight is 267 g/mol. The topological polar surface area (TPSA) is 33.2 Å². The SMILES string of the molecule is CN(CC1CCCCC1)C(=O)c1cccc(Cl)n1. The van der Waals surface area contributed by atoms with Crippen LogP contribution in [0.5, 0.6) is 0 Å². The molecule has 2 rings (SSSR count). The van der Waals surface area contributed by atoms with Gasteiger partial charge in [-0.2, -0.15) is 0 Å². The van der Waals surface area contributed by atoms with Crippen LogP contribution < -0.4 is 0 Å².